The van der Waals surface area contributed by atoms with Crippen LogP contribution in [-0.2, 0) is 9.59 Å². The Hall–Kier alpha value is -1.06. The lowest BCUT2D eigenvalue weighted by Gasteiger charge is -2.19. The number of nitrogens with one attached hydrogen (secondary N) is 2. The van der Waals surface area contributed by atoms with Gasteiger partial charge in [-0.05, 0) is 20.8 Å². The second kappa shape index (κ2) is 3.37. The molecule has 0 heterocycles. The summed E-state index contributed by atoms with van der Waals surface area (Å²) >= 11 is 0. The average molecular weight is 158 g/mol. The van der Waals surface area contributed by atoms with E-state index in [-0.39, 0.29) is 5.54 Å². The molecule has 0 aliphatic heterocycles. The third kappa shape index (κ3) is 4.36. The first-order valence-electron chi connectivity index (χ1n) is 3.41. The summed E-state index contributed by atoms with van der Waals surface area (Å²) in [6.45, 7) is 5.44. The zero-order valence-corrected chi connectivity index (χ0v) is 7.32. The second-order valence-electron chi connectivity index (χ2n) is 3.28. The highest BCUT2D eigenvalue weighted by Gasteiger charge is 2.18. The molecule has 4 heteroatoms. The minimum atomic E-state index is -0.611. The standard InChI is InChI=1S/C7H14N2O2/c1-7(2,3)9-6(11)5(10)8-4/h1-4H3,(H,8,10)(H,9,11). The Morgan fingerprint density at radius 2 is 1.55 bits per heavy atom. The highest BCUT2D eigenvalue weighted by Crippen LogP contribution is 1.97. The zero-order valence-electron chi connectivity index (χ0n) is 7.32. The summed E-state index contributed by atoms with van der Waals surface area (Å²) in [6.07, 6.45) is 0. The lowest BCUT2D eigenvalue weighted by Crippen LogP contribution is -2.47. The van der Waals surface area contributed by atoms with Crippen molar-refractivity contribution >= 4 is 11.8 Å². The minimum absolute atomic E-state index is 0.358. The van der Waals surface area contributed by atoms with Crippen molar-refractivity contribution in [2.24, 2.45) is 0 Å². The molecule has 2 N–H and O–H groups in total. The lowest BCUT2D eigenvalue weighted by atomic mass is 10.1. The van der Waals surface area contributed by atoms with Crippen LogP contribution in [-0.4, -0.2) is 24.4 Å². The Morgan fingerprint density at radius 3 is 1.82 bits per heavy atom. The summed E-state index contributed by atoms with van der Waals surface area (Å²) in [6, 6.07) is 0. The average Bonchev–Trinajstić information content (AvgIpc) is 1.82. The first-order chi connectivity index (χ1) is 4.87. The van der Waals surface area contributed by atoms with Crippen molar-refractivity contribution in [1.29, 1.82) is 0 Å². The van der Waals surface area contributed by atoms with Gasteiger partial charge in [-0.2, -0.15) is 0 Å². The van der Waals surface area contributed by atoms with Crippen LogP contribution in [0.5, 0.6) is 0 Å². The summed E-state index contributed by atoms with van der Waals surface area (Å²) in [7, 11) is 1.42. The molecule has 0 spiro atoms. The molecule has 0 bridgehead atoms. The van der Waals surface area contributed by atoms with E-state index in [1.54, 1.807) is 0 Å². The molecule has 0 saturated heterocycles. The minimum Gasteiger partial charge on any atom is -0.351 e. The van der Waals surface area contributed by atoms with E-state index in [0.717, 1.165) is 0 Å². The third-order valence-corrected chi connectivity index (χ3v) is 0.922. The highest BCUT2D eigenvalue weighted by atomic mass is 16.2. The van der Waals surface area contributed by atoms with Gasteiger partial charge in [0.05, 0.1) is 0 Å². The normalized spacial score (nSPS) is 10.5. The van der Waals surface area contributed by atoms with Crippen LogP contribution in [0, 0.1) is 0 Å². The van der Waals surface area contributed by atoms with E-state index < -0.39 is 11.8 Å². The summed E-state index contributed by atoms with van der Waals surface area (Å²) in [4.78, 5) is 21.5. The molecule has 64 valence electrons. The van der Waals surface area contributed by atoms with Crippen molar-refractivity contribution in [2.75, 3.05) is 7.05 Å². The van der Waals surface area contributed by atoms with Crippen molar-refractivity contribution in [3.63, 3.8) is 0 Å². The molecule has 0 aliphatic rings. The third-order valence-electron chi connectivity index (χ3n) is 0.922. The van der Waals surface area contributed by atoms with Gasteiger partial charge in [-0.1, -0.05) is 0 Å². The van der Waals surface area contributed by atoms with Gasteiger partial charge in [-0.25, -0.2) is 0 Å². The van der Waals surface area contributed by atoms with Crippen molar-refractivity contribution in [2.45, 2.75) is 26.3 Å². The van der Waals surface area contributed by atoms with Gasteiger partial charge in [-0.3, -0.25) is 9.59 Å². The van der Waals surface area contributed by atoms with Crippen LogP contribution in [0.2, 0.25) is 0 Å². The van der Waals surface area contributed by atoms with Gasteiger partial charge in [-0.15, -0.1) is 0 Å². The molecule has 0 atom stereocenters. The Morgan fingerprint density at radius 1 is 1.09 bits per heavy atom. The van der Waals surface area contributed by atoms with Crippen LogP contribution in [0.1, 0.15) is 20.8 Å². The van der Waals surface area contributed by atoms with Gasteiger partial charge in [0.1, 0.15) is 0 Å². The van der Waals surface area contributed by atoms with Crippen molar-refractivity contribution in [1.82, 2.24) is 10.6 Å². The molecule has 0 saturated carbocycles. The van der Waals surface area contributed by atoms with Crippen LogP contribution in [0.25, 0.3) is 0 Å². The first-order valence-corrected chi connectivity index (χ1v) is 3.41. The van der Waals surface area contributed by atoms with Gasteiger partial charge in [0.2, 0.25) is 0 Å². The zero-order chi connectivity index (χ0) is 9.07. The van der Waals surface area contributed by atoms with E-state index in [9.17, 15) is 9.59 Å². The monoisotopic (exact) mass is 158 g/mol. The molecule has 2 amide bonds. The molecule has 4 nitrogen and oxygen atoms in total. The van der Waals surface area contributed by atoms with Crippen LogP contribution >= 0.6 is 0 Å². The van der Waals surface area contributed by atoms with Crippen molar-refractivity contribution < 1.29 is 9.59 Å². The maximum atomic E-state index is 10.9. The second-order valence-corrected chi connectivity index (χ2v) is 3.28. The van der Waals surface area contributed by atoms with Crippen LogP contribution in [0.4, 0.5) is 0 Å². The number of likely N-dealkylation sites (N-methyl/N-ethyl adjacent to an activating group) is 1. The van der Waals surface area contributed by atoms with Crippen molar-refractivity contribution in [3.8, 4) is 0 Å². The Balaban J connectivity index is 3.99. The Kier molecular flexibility index (Phi) is 3.04. The summed E-state index contributed by atoms with van der Waals surface area (Å²) in [5, 5.41) is 4.76. The SMILES string of the molecule is CNC(=O)C(=O)NC(C)(C)C. The number of rotatable bonds is 0. The molecule has 0 aliphatic carbocycles. The predicted molar refractivity (Wildman–Crippen MR) is 42.0 cm³/mol. The summed E-state index contributed by atoms with van der Waals surface area (Å²) < 4.78 is 0. The summed E-state index contributed by atoms with van der Waals surface area (Å²) in [5.41, 5.74) is -0.358. The number of amides is 2. The molecule has 0 aromatic rings. The van der Waals surface area contributed by atoms with E-state index in [1.807, 2.05) is 20.8 Å². The maximum Gasteiger partial charge on any atom is 0.309 e. The van der Waals surface area contributed by atoms with Crippen LogP contribution in [0.15, 0.2) is 0 Å². The molecule has 0 unspecified atom stereocenters. The smallest absolute Gasteiger partial charge is 0.309 e. The topological polar surface area (TPSA) is 58.2 Å². The van der Waals surface area contributed by atoms with E-state index in [4.69, 9.17) is 0 Å². The Labute approximate surface area is 66.4 Å². The molecule has 0 aromatic carbocycles. The lowest BCUT2D eigenvalue weighted by molar-refractivity contribution is -0.139. The molecule has 0 fully saturated rings. The predicted octanol–water partition coefficient (Wildman–Crippen LogP) is -0.353. The summed E-state index contributed by atoms with van der Waals surface area (Å²) in [5.74, 6) is -1.21. The Bertz CT molecular complexity index is 170. The van der Waals surface area contributed by atoms with E-state index in [0.29, 0.717) is 0 Å². The molecule has 0 radical (unpaired) electrons. The molecule has 11 heavy (non-hydrogen) atoms. The van der Waals surface area contributed by atoms with Crippen molar-refractivity contribution in [3.05, 3.63) is 0 Å². The van der Waals surface area contributed by atoms with Crippen LogP contribution in [0.3, 0.4) is 0 Å². The fourth-order valence-electron chi connectivity index (χ4n) is 0.511. The molecular formula is C7H14N2O2. The van der Waals surface area contributed by atoms with Crippen LogP contribution < -0.4 is 10.6 Å². The number of hydrogen-bond donors (Lipinski definition) is 2. The van der Waals surface area contributed by atoms with E-state index in [2.05, 4.69) is 10.6 Å². The van der Waals surface area contributed by atoms with Gasteiger partial charge in [0.15, 0.2) is 0 Å². The quantitative estimate of drug-likeness (QED) is 0.473. The largest absolute Gasteiger partial charge is 0.351 e. The van der Waals surface area contributed by atoms with E-state index >= 15 is 0 Å². The van der Waals surface area contributed by atoms with Gasteiger partial charge in [0, 0.05) is 12.6 Å². The number of hydrogen-bond acceptors (Lipinski definition) is 2. The maximum absolute atomic E-state index is 10.9. The van der Waals surface area contributed by atoms with Gasteiger partial charge >= 0.3 is 11.8 Å². The first kappa shape index (κ1) is 9.94. The molecular weight excluding hydrogens is 144 g/mol. The fourth-order valence-corrected chi connectivity index (χ4v) is 0.511. The number of carbonyl (C=O) groups excluding carboxylic acids is 2. The molecule has 0 rings (SSSR count). The van der Waals surface area contributed by atoms with Gasteiger partial charge < -0.3 is 10.6 Å². The molecule has 0 aromatic heterocycles. The fraction of sp³-hybridized carbons (Fsp3) is 0.714. The number of carbonyl (C=O) groups is 2. The van der Waals surface area contributed by atoms with E-state index in [1.165, 1.54) is 7.05 Å². The highest BCUT2D eigenvalue weighted by molar-refractivity contribution is 6.35. The van der Waals surface area contributed by atoms with Gasteiger partial charge in [0.25, 0.3) is 0 Å².